The van der Waals surface area contributed by atoms with Crippen molar-refractivity contribution in [3.05, 3.63) is 73.4 Å². The van der Waals surface area contributed by atoms with E-state index in [2.05, 4.69) is 101 Å². The molecule has 0 saturated carbocycles. The molecule has 0 spiro atoms. The summed E-state index contributed by atoms with van der Waals surface area (Å²) in [6.07, 6.45) is -55.0. The minimum Gasteiger partial charge on any atom is -0.462 e. The summed E-state index contributed by atoms with van der Waals surface area (Å²) in [4.78, 5) is 70.7. The Labute approximate surface area is 498 Å². The summed E-state index contributed by atoms with van der Waals surface area (Å²) >= 11 is 0. The molecular formula is C51H60F20O19. The Kier molecular flexibility index (Phi) is 30.9. The Balaban J connectivity index is 9.14. The van der Waals surface area contributed by atoms with Crippen LogP contribution in [0.25, 0.3) is 0 Å². The van der Waals surface area contributed by atoms with Crippen LogP contribution in [0, 0.1) is 10.8 Å². The third-order valence-electron chi connectivity index (χ3n) is 10.5. The second-order valence-corrected chi connectivity index (χ2v) is 19.3. The van der Waals surface area contributed by atoms with Gasteiger partial charge in [-0.25, -0.2) is 55.1 Å². The molecule has 0 saturated heterocycles. The number of hydrogen-bond acceptors (Lipinski definition) is 19. The summed E-state index contributed by atoms with van der Waals surface area (Å²) in [5, 5.41) is 0. The van der Waals surface area contributed by atoms with Crippen molar-refractivity contribution < 1.29 is 178 Å². The first-order valence-corrected chi connectivity index (χ1v) is 24.7. The predicted octanol–water partition coefficient (Wildman–Crippen LogP) is 10.6. The quantitative estimate of drug-likeness (QED) is 0.0239. The standard InChI is InChI=1S/C51H60F20O19/c1-12-34(72)81-16-13-46(60,61)89-50(68,69)44(28-80-24-43(56,57)27-86-39(77)33(10)11,51(70,71)90-47(62,63)15-18-83-36(74)30(4)5)49(66,67)87-21-40(19-78-22-41(52,53)25-84-37(75)31(6)7,20-79-23-42(54,55)26-85-38(76)32(8)9)48(64,65)88-45(58,59)14-17-82-35(73)29(2)3/h12H,1-2,4,6,8,10,13-28H2,3,5,7,9,11H3. The summed E-state index contributed by atoms with van der Waals surface area (Å²) in [7, 11) is 0. The van der Waals surface area contributed by atoms with Gasteiger partial charge in [0.05, 0.1) is 65.5 Å². The molecule has 90 heavy (non-hydrogen) atoms. The molecule has 518 valence electrons. The van der Waals surface area contributed by atoms with Gasteiger partial charge in [-0.1, -0.05) is 39.5 Å². The monoisotopic (exact) mass is 1360 g/mol. The molecule has 0 aliphatic carbocycles. The topological polar surface area (TPSA) is 222 Å². The summed E-state index contributed by atoms with van der Waals surface area (Å²) in [5.41, 5.74) is -15.7. The summed E-state index contributed by atoms with van der Waals surface area (Å²) in [6.45, 7) is -12.0. The van der Waals surface area contributed by atoms with E-state index in [-0.39, 0.29) is 6.08 Å². The van der Waals surface area contributed by atoms with Crippen molar-refractivity contribution in [3.8, 4) is 0 Å². The van der Waals surface area contributed by atoms with Gasteiger partial charge in [-0.3, -0.25) is 14.2 Å². The zero-order chi connectivity index (χ0) is 70.6. The molecule has 0 aromatic heterocycles. The Morgan fingerprint density at radius 1 is 0.333 bits per heavy atom. The molecule has 0 aliphatic heterocycles. The van der Waals surface area contributed by atoms with Gasteiger partial charge >= 0.3 is 96.3 Å². The van der Waals surface area contributed by atoms with Crippen molar-refractivity contribution in [3.63, 3.8) is 0 Å². The maximum absolute atomic E-state index is 17.5. The van der Waals surface area contributed by atoms with Gasteiger partial charge in [0.15, 0.2) is 19.8 Å². The van der Waals surface area contributed by atoms with Crippen LogP contribution in [0.4, 0.5) is 87.8 Å². The lowest BCUT2D eigenvalue weighted by molar-refractivity contribution is -0.545. The number of halogens is 20. The molecule has 19 nitrogen and oxygen atoms in total. The molecule has 0 bridgehead atoms. The number of esters is 6. The first-order chi connectivity index (χ1) is 40.5. The number of carbonyl (C=O) groups excluding carboxylic acids is 6. The highest BCUT2D eigenvalue weighted by Gasteiger charge is 2.86. The molecule has 0 radical (unpaired) electrons. The first kappa shape index (κ1) is 83.6. The van der Waals surface area contributed by atoms with E-state index < -0.39 is 240 Å². The average molecular weight is 1360 g/mol. The normalized spacial score (nSPS) is 13.9. The molecule has 0 amide bonds. The van der Waals surface area contributed by atoms with Gasteiger partial charge in [-0.05, 0) is 34.6 Å². The molecule has 0 aliphatic rings. The molecular weight excluding hydrogens is 1300 g/mol. The highest BCUT2D eigenvalue weighted by molar-refractivity contribution is 5.88. The van der Waals surface area contributed by atoms with E-state index >= 15 is 87.8 Å². The molecule has 39 heteroatoms. The van der Waals surface area contributed by atoms with E-state index in [0.717, 1.165) is 34.6 Å². The zero-order valence-corrected chi connectivity index (χ0v) is 47.9. The lowest BCUT2D eigenvalue weighted by Crippen LogP contribution is -2.71. The molecule has 0 heterocycles. The van der Waals surface area contributed by atoms with Crippen molar-refractivity contribution >= 4 is 35.8 Å². The summed E-state index contributed by atoms with van der Waals surface area (Å²) in [6, 6.07) is 0. The van der Waals surface area contributed by atoms with E-state index in [1.165, 1.54) is 0 Å². The van der Waals surface area contributed by atoms with Gasteiger partial charge in [0.1, 0.15) is 25.2 Å². The second-order valence-electron chi connectivity index (χ2n) is 19.3. The lowest BCUT2D eigenvalue weighted by atomic mass is 9.82. The van der Waals surface area contributed by atoms with Crippen molar-refractivity contribution in [1.29, 1.82) is 0 Å². The fourth-order valence-corrected chi connectivity index (χ4v) is 5.74. The largest absolute Gasteiger partial charge is 0.462 e. The van der Waals surface area contributed by atoms with Crippen LogP contribution in [-0.2, 0) is 90.3 Å². The summed E-state index contributed by atoms with van der Waals surface area (Å²) < 4.78 is 371. The predicted molar refractivity (Wildman–Crippen MR) is 260 cm³/mol. The van der Waals surface area contributed by atoms with Crippen molar-refractivity contribution in [2.75, 3.05) is 85.9 Å². The molecule has 0 fully saturated rings. The molecule has 0 N–H and O–H groups in total. The number of alkyl halides is 20. The Hall–Kier alpha value is -6.42. The fraction of sp³-hybridized carbons (Fsp3) is 0.647. The summed E-state index contributed by atoms with van der Waals surface area (Å²) in [5.74, 6) is -24.6. The molecule has 0 rings (SSSR count). The van der Waals surface area contributed by atoms with E-state index in [1.54, 1.807) is 0 Å². The van der Waals surface area contributed by atoms with Crippen LogP contribution in [0.3, 0.4) is 0 Å². The minimum atomic E-state index is -7.70. The minimum absolute atomic E-state index is 0.203. The van der Waals surface area contributed by atoms with Crippen LogP contribution in [0.15, 0.2) is 73.4 Å². The van der Waals surface area contributed by atoms with Crippen molar-refractivity contribution in [2.24, 2.45) is 10.8 Å². The first-order valence-electron chi connectivity index (χ1n) is 24.7. The van der Waals surface area contributed by atoms with E-state index in [4.69, 9.17) is 0 Å². The number of hydrogen-bond donors (Lipinski definition) is 0. The third-order valence-corrected chi connectivity index (χ3v) is 10.5. The van der Waals surface area contributed by atoms with E-state index in [1.807, 2.05) is 0 Å². The van der Waals surface area contributed by atoms with Gasteiger partial charge in [-0.2, -0.15) is 61.5 Å². The number of rotatable bonds is 46. The van der Waals surface area contributed by atoms with E-state index in [0.29, 0.717) is 0 Å². The number of ether oxygens (including phenoxy) is 13. The lowest BCUT2D eigenvalue weighted by Gasteiger charge is -2.48. The van der Waals surface area contributed by atoms with Gasteiger partial charge < -0.3 is 47.4 Å². The van der Waals surface area contributed by atoms with Crippen LogP contribution < -0.4 is 0 Å². The SMILES string of the molecule is C=CC(=O)OCCC(F)(F)OC(F)(F)C(COCC(F)(F)COC(=O)C(=C)C)(C(F)(F)OCC(COCC(F)(F)COC(=O)C(=C)C)(COCC(F)(F)COC(=O)C(=C)C)C(F)(F)OC(F)(F)CCOC(=O)C(=C)C)C(F)(F)OC(F)(F)CCOC(=O)C(=C)C. The number of carbonyl (C=O) groups is 6. The highest BCUT2D eigenvalue weighted by atomic mass is 19.3. The fourth-order valence-electron chi connectivity index (χ4n) is 5.74. The van der Waals surface area contributed by atoms with E-state index in [9.17, 15) is 28.8 Å². The Bertz CT molecular complexity index is 2510. The van der Waals surface area contributed by atoms with Crippen LogP contribution in [-0.4, -0.2) is 182 Å². The third kappa shape index (κ3) is 27.2. The van der Waals surface area contributed by atoms with Crippen molar-refractivity contribution in [2.45, 2.75) is 114 Å². The van der Waals surface area contributed by atoms with Crippen molar-refractivity contribution in [1.82, 2.24) is 0 Å². The smallest absolute Gasteiger partial charge is 0.385 e. The maximum atomic E-state index is 17.5. The Morgan fingerprint density at radius 3 is 0.889 bits per heavy atom. The maximum Gasteiger partial charge on any atom is 0.385 e. The molecule has 0 aromatic carbocycles. The highest BCUT2D eigenvalue weighted by Crippen LogP contribution is 2.62. The second kappa shape index (κ2) is 33.2. The van der Waals surface area contributed by atoms with Gasteiger partial charge in [0, 0.05) is 33.9 Å². The van der Waals surface area contributed by atoms with Gasteiger partial charge in [0.2, 0.25) is 0 Å². The average Bonchev–Trinajstić information content (AvgIpc) is 0.725. The van der Waals surface area contributed by atoms with Crippen LogP contribution >= 0.6 is 0 Å². The molecule has 1 unspecified atom stereocenters. The van der Waals surface area contributed by atoms with Gasteiger partial charge in [-0.15, -0.1) is 0 Å². The van der Waals surface area contributed by atoms with Crippen LogP contribution in [0.1, 0.15) is 53.9 Å². The van der Waals surface area contributed by atoms with Crippen LogP contribution in [0.5, 0.6) is 0 Å². The molecule has 1 atom stereocenters. The van der Waals surface area contributed by atoms with Gasteiger partial charge in [0.25, 0.3) is 5.41 Å². The zero-order valence-electron chi connectivity index (χ0n) is 47.9. The Morgan fingerprint density at radius 2 is 0.600 bits per heavy atom. The van der Waals surface area contributed by atoms with Crippen LogP contribution in [0.2, 0.25) is 0 Å². The molecule has 0 aromatic rings.